The number of halogens is 9. The van der Waals surface area contributed by atoms with Gasteiger partial charge in [-0.3, -0.25) is 4.79 Å². The summed E-state index contributed by atoms with van der Waals surface area (Å²) in [4.78, 5) is 12.9. The molecule has 0 aliphatic heterocycles. The van der Waals surface area contributed by atoms with Gasteiger partial charge in [-0.1, -0.05) is 28.1 Å². The van der Waals surface area contributed by atoms with Gasteiger partial charge in [0.05, 0.1) is 16.5 Å². The molecule has 4 rings (SSSR count). The Kier molecular flexibility index (Phi) is 6.34. The van der Waals surface area contributed by atoms with Crippen molar-refractivity contribution in [2.75, 3.05) is 0 Å². The van der Waals surface area contributed by atoms with Crippen LogP contribution in [0.15, 0.2) is 56.1 Å². The molecular weight excluding hydrogens is 556 g/mol. The fourth-order valence-corrected chi connectivity index (χ4v) is 3.54. The maximum Gasteiger partial charge on any atom is 0.450 e. The molecule has 3 aromatic carbocycles. The second-order valence-electron chi connectivity index (χ2n) is 7.14. The van der Waals surface area contributed by atoms with Crippen LogP contribution in [0.4, 0.5) is 35.1 Å². The van der Waals surface area contributed by atoms with Crippen LogP contribution >= 0.6 is 15.9 Å². The number of rotatable bonds is 4. The molecule has 0 aliphatic carbocycles. The third kappa shape index (κ3) is 4.49. The van der Waals surface area contributed by atoms with Gasteiger partial charge in [-0.05, 0) is 29.8 Å². The molecule has 0 amide bonds. The second kappa shape index (κ2) is 8.99. The lowest BCUT2D eigenvalue weighted by Crippen LogP contribution is -2.16. The van der Waals surface area contributed by atoms with E-state index in [0.717, 1.165) is 18.2 Å². The van der Waals surface area contributed by atoms with Crippen LogP contribution in [0.5, 0.6) is 5.75 Å². The van der Waals surface area contributed by atoms with Crippen LogP contribution in [-0.2, 0) is 12.8 Å². The van der Waals surface area contributed by atoms with E-state index in [1.54, 1.807) is 0 Å². The Balaban J connectivity index is 1.78. The smallest absolute Gasteiger partial charge is 0.450 e. The number of benzene rings is 3. The first kappa shape index (κ1) is 24.7. The van der Waals surface area contributed by atoms with Crippen molar-refractivity contribution < 1.29 is 44.3 Å². The van der Waals surface area contributed by atoms with Crippen molar-refractivity contribution in [3.63, 3.8) is 0 Å². The monoisotopic (exact) mass is 564 g/mol. The SMILES string of the molecule is O=c1c(-c2ccc(Br)cc2)c(C(F)(F)F)oc2cc(OCc3c(F)c(F)c(F)c(F)c3F)ccc12. The third-order valence-electron chi connectivity index (χ3n) is 4.94. The van der Waals surface area contributed by atoms with E-state index >= 15 is 0 Å². The van der Waals surface area contributed by atoms with Crippen LogP contribution in [0.2, 0.25) is 0 Å². The molecule has 1 heterocycles. The molecule has 0 aliphatic rings. The Hall–Kier alpha value is -3.41. The lowest BCUT2D eigenvalue weighted by atomic mass is 10.0. The molecule has 0 bridgehead atoms. The van der Waals surface area contributed by atoms with Gasteiger partial charge in [0.25, 0.3) is 0 Å². The number of hydrogen-bond donors (Lipinski definition) is 0. The Morgan fingerprint density at radius 3 is 1.97 bits per heavy atom. The highest BCUT2D eigenvalue weighted by atomic mass is 79.9. The molecule has 0 N–H and O–H groups in total. The van der Waals surface area contributed by atoms with E-state index in [0.29, 0.717) is 4.47 Å². The van der Waals surface area contributed by atoms with Gasteiger partial charge >= 0.3 is 6.18 Å². The molecule has 0 saturated heterocycles. The average molecular weight is 565 g/mol. The number of ether oxygens (including phenoxy) is 1. The fourth-order valence-electron chi connectivity index (χ4n) is 3.27. The zero-order chi connectivity index (χ0) is 25.7. The summed E-state index contributed by atoms with van der Waals surface area (Å²) in [6.07, 6.45) is -5.07. The van der Waals surface area contributed by atoms with Crippen LogP contribution in [0, 0.1) is 29.1 Å². The van der Waals surface area contributed by atoms with E-state index in [2.05, 4.69) is 15.9 Å². The van der Waals surface area contributed by atoms with Gasteiger partial charge in [-0.25, -0.2) is 22.0 Å². The molecule has 35 heavy (non-hydrogen) atoms. The Bertz CT molecular complexity index is 1480. The summed E-state index contributed by atoms with van der Waals surface area (Å²) >= 11 is 3.15. The average Bonchev–Trinajstić information content (AvgIpc) is 2.81. The molecular formula is C23H9BrF8O3. The summed E-state index contributed by atoms with van der Waals surface area (Å²) in [6, 6.07) is 8.42. The molecule has 1 aromatic heterocycles. The van der Waals surface area contributed by atoms with Gasteiger partial charge in [0.15, 0.2) is 23.3 Å². The predicted octanol–water partition coefficient (Wildman–Crippen LogP) is 7.52. The number of alkyl halides is 3. The van der Waals surface area contributed by atoms with Crippen molar-refractivity contribution in [1.29, 1.82) is 0 Å². The molecule has 0 saturated carbocycles. The van der Waals surface area contributed by atoms with Crippen molar-refractivity contribution in [3.8, 4) is 16.9 Å². The van der Waals surface area contributed by atoms with Gasteiger partial charge in [-0.15, -0.1) is 0 Å². The van der Waals surface area contributed by atoms with Crippen LogP contribution in [0.1, 0.15) is 11.3 Å². The van der Waals surface area contributed by atoms with E-state index in [9.17, 15) is 39.9 Å². The van der Waals surface area contributed by atoms with Crippen LogP contribution in [-0.4, -0.2) is 0 Å². The van der Waals surface area contributed by atoms with Crippen molar-refractivity contribution in [2.45, 2.75) is 12.8 Å². The van der Waals surface area contributed by atoms with E-state index in [1.165, 1.54) is 24.3 Å². The maximum atomic E-state index is 13.8. The number of fused-ring (bicyclic) bond motifs is 1. The summed E-state index contributed by atoms with van der Waals surface area (Å²) in [5.74, 6) is -12.9. The standard InChI is InChI=1S/C23H9BrF8O3/c24-10-3-1-9(2-4-10)15-21(33)12-6-5-11(7-14(12)35-22(15)23(30,31)32)34-8-13-16(25)18(27)20(29)19(28)17(13)26/h1-7H,8H2. The highest BCUT2D eigenvalue weighted by Crippen LogP contribution is 2.38. The second-order valence-corrected chi connectivity index (χ2v) is 8.05. The summed E-state index contributed by atoms with van der Waals surface area (Å²) < 4.78 is 119. The van der Waals surface area contributed by atoms with Crippen LogP contribution in [0.25, 0.3) is 22.1 Å². The molecule has 12 heteroatoms. The highest BCUT2D eigenvalue weighted by molar-refractivity contribution is 9.10. The minimum atomic E-state index is -5.07. The lowest BCUT2D eigenvalue weighted by Gasteiger charge is -2.14. The zero-order valence-corrected chi connectivity index (χ0v) is 18.5. The van der Waals surface area contributed by atoms with Gasteiger partial charge in [0.1, 0.15) is 17.9 Å². The Morgan fingerprint density at radius 2 is 1.40 bits per heavy atom. The van der Waals surface area contributed by atoms with Crippen LogP contribution < -0.4 is 10.2 Å². The minimum Gasteiger partial charge on any atom is -0.489 e. The molecule has 4 aromatic rings. The predicted molar refractivity (Wildman–Crippen MR) is 111 cm³/mol. The zero-order valence-electron chi connectivity index (χ0n) is 16.9. The fraction of sp³-hybridized carbons (Fsp3) is 0.0870. The van der Waals surface area contributed by atoms with E-state index in [-0.39, 0.29) is 16.7 Å². The first-order valence-corrected chi connectivity index (χ1v) is 10.3. The van der Waals surface area contributed by atoms with Gasteiger partial charge in [0, 0.05) is 10.5 Å². The lowest BCUT2D eigenvalue weighted by molar-refractivity contribution is -0.152. The molecule has 0 unspecified atom stereocenters. The van der Waals surface area contributed by atoms with E-state index < -0.39 is 69.8 Å². The van der Waals surface area contributed by atoms with Crippen LogP contribution in [0.3, 0.4) is 0 Å². The Labute approximate surface area is 198 Å². The number of hydrogen-bond acceptors (Lipinski definition) is 3. The van der Waals surface area contributed by atoms with E-state index in [4.69, 9.17) is 9.15 Å². The summed E-state index contributed by atoms with van der Waals surface area (Å²) in [7, 11) is 0. The molecule has 3 nitrogen and oxygen atoms in total. The molecule has 0 spiro atoms. The molecule has 0 radical (unpaired) electrons. The Morgan fingerprint density at radius 1 is 0.829 bits per heavy atom. The molecule has 0 atom stereocenters. The van der Waals surface area contributed by atoms with Gasteiger partial charge in [-0.2, -0.15) is 13.2 Å². The quantitative estimate of drug-likeness (QED) is 0.146. The van der Waals surface area contributed by atoms with Gasteiger partial charge < -0.3 is 9.15 Å². The summed E-state index contributed by atoms with van der Waals surface area (Å²) in [5, 5.41) is -0.264. The molecule has 0 fully saturated rings. The largest absolute Gasteiger partial charge is 0.489 e. The highest BCUT2D eigenvalue weighted by Gasteiger charge is 2.39. The third-order valence-corrected chi connectivity index (χ3v) is 5.47. The van der Waals surface area contributed by atoms with Crippen molar-refractivity contribution in [1.82, 2.24) is 0 Å². The van der Waals surface area contributed by atoms with Crippen molar-refractivity contribution in [2.24, 2.45) is 0 Å². The summed E-state index contributed by atoms with van der Waals surface area (Å²) in [5.41, 5.74) is -3.65. The molecule has 182 valence electrons. The van der Waals surface area contributed by atoms with E-state index in [1.807, 2.05) is 0 Å². The van der Waals surface area contributed by atoms with Gasteiger partial charge in [0.2, 0.25) is 17.0 Å². The minimum absolute atomic E-state index is 0.0529. The van der Waals surface area contributed by atoms with Crippen molar-refractivity contribution >= 4 is 26.9 Å². The first-order chi connectivity index (χ1) is 16.4. The normalized spacial score (nSPS) is 11.8. The summed E-state index contributed by atoms with van der Waals surface area (Å²) in [6.45, 7) is -1.15. The first-order valence-electron chi connectivity index (χ1n) is 9.47. The van der Waals surface area contributed by atoms with Crippen molar-refractivity contribution in [3.05, 3.63) is 97.6 Å². The maximum absolute atomic E-state index is 13.8. The topological polar surface area (TPSA) is 39.4 Å².